The Hall–Kier alpha value is -2.33. The quantitative estimate of drug-likeness (QED) is 0.801. The van der Waals surface area contributed by atoms with Crippen LogP contribution in [-0.4, -0.2) is 24.2 Å². The lowest BCUT2D eigenvalue weighted by Gasteiger charge is -2.19. The van der Waals surface area contributed by atoms with Gasteiger partial charge in [-0.2, -0.15) is 0 Å². The predicted molar refractivity (Wildman–Crippen MR) is 81.0 cm³/mol. The maximum absolute atomic E-state index is 11.5. The number of hydrogen-bond acceptors (Lipinski definition) is 4. The second-order valence-corrected chi connectivity index (χ2v) is 4.62. The van der Waals surface area contributed by atoms with Gasteiger partial charge < -0.3 is 9.84 Å². The molecule has 0 saturated carbocycles. The molecule has 4 heteroatoms. The first-order valence-electron chi connectivity index (χ1n) is 6.93. The first-order chi connectivity index (χ1) is 10.2. The van der Waals surface area contributed by atoms with E-state index >= 15 is 0 Å². The summed E-state index contributed by atoms with van der Waals surface area (Å²) in [6, 6.07) is 16.7. The third-order valence-electron chi connectivity index (χ3n) is 3.12. The highest BCUT2D eigenvalue weighted by Gasteiger charge is 2.15. The van der Waals surface area contributed by atoms with Crippen LogP contribution >= 0.6 is 0 Å². The lowest BCUT2D eigenvalue weighted by molar-refractivity contribution is -0.142. The van der Waals surface area contributed by atoms with Gasteiger partial charge >= 0.3 is 5.97 Å². The minimum absolute atomic E-state index is 0.129. The number of hydrogen-bond donors (Lipinski definition) is 2. The SMILES string of the molecule is CCOC(=O)CNC(c1ccccc1)c1ccc(O)cc1. The van der Waals surface area contributed by atoms with E-state index in [0.29, 0.717) is 6.61 Å². The first kappa shape index (κ1) is 15.1. The lowest BCUT2D eigenvalue weighted by Crippen LogP contribution is -2.29. The van der Waals surface area contributed by atoms with Crippen molar-refractivity contribution in [3.8, 4) is 5.75 Å². The monoisotopic (exact) mass is 285 g/mol. The van der Waals surface area contributed by atoms with E-state index in [2.05, 4.69) is 5.32 Å². The Morgan fingerprint density at radius 1 is 1.10 bits per heavy atom. The zero-order chi connectivity index (χ0) is 15.1. The Bertz CT molecular complexity index is 566. The Balaban J connectivity index is 2.18. The van der Waals surface area contributed by atoms with Crippen LogP contribution in [0.5, 0.6) is 5.75 Å². The highest BCUT2D eigenvalue weighted by atomic mass is 16.5. The van der Waals surface area contributed by atoms with Crippen molar-refractivity contribution in [2.24, 2.45) is 0 Å². The highest BCUT2D eigenvalue weighted by molar-refractivity contribution is 5.71. The van der Waals surface area contributed by atoms with Crippen molar-refractivity contribution in [1.82, 2.24) is 5.32 Å². The number of carbonyl (C=O) groups is 1. The van der Waals surface area contributed by atoms with Crippen molar-refractivity contribution >= 4 is 5.97 Å². The molecular formula is C17H19NO3. The fraction of sp³-hybridized carbons (Fsp3) is 0.235. The Morgan fingerprint density at radius 2 is 1.71 bits per heavy atom. The van der Waals surface area contributed by atoms with Crippen LogP contribution in [0.25, 0.3) is 0 Å². The minimum atomic E-state index is -0.280. The molecule has 0 radical (unpaired) electrons. The number of benzene rings is 2. The third-order valence-corrected chi connectivity index (χ3v) is 3.12. The van der Waals surface area contributed by atoms with E-state index in [-0.39, 0.29) is 24.3 Å². The zero-order valence-corrected chi connectivity index (χ0v) is 12.0. The lowest BCUT2D eigenvalue weighted by atomic mass is 9.98. The number of phenolic OH excluding ortho intramolecular Hbond substituents is 1. The number of phenols is 1. The molecule has 0 amide bonds. The molecule has 0 heterocycles. The van der Waals surface area contributed by atoms with E-state index in [1.54, 1.807) is 19.1 Å². The molecule has 4 nitrogen and oxygen atoms in total. The molecule has 0 aliphatic heterocycles. The molecule has 0 fully saturated rings. The molecule has 2 aromatic rings. The van der Waals surface area contributed by atoms with Gasteiger partial charge in [0, 0.05) is 0 Å². The van der Waals surface area contributed by atoms with E-state index in [4.69, 9.17) is 4.74 Å². The molecule has 0 aromatic heterocycles. The summed E-state index contributed by atoms with van der Waals surface area (Å²) in [7, 11) is 0. The average molecular weight is 285 g/mol. The summed E-state index contributed by atoms with van der Waals surface area (Å²) in [6.07, 6.45) is 0. The maximum Gasteiger partial charge on any atom is 0.319 e. The Labute approximate surface area is 124 Å². The van der Waals surface area contributed by atoms with Gasteiger partial charge in [-0.3, -0.25) is 10.1 Å². The van der Waals surface area contributed by atoms with Gasteiger partial charge in [-0.05, 0) is 30.2 Å². The largest absolute Gasteiger partial charge is 0.508 e. The Kier molecular flexibility index (Phi) is 5.35. The van der Waals surface area contributed by atoms with Gasteiger partial charge in [0.15, 0.2) is 0 Å². The van der Waals surface area contributed by atoms with Gasteiger partial charge in [-0.1, -0.05) is 42.5 Å². The molecule has 2 rings (SSSR count). The molecule has 110 valence electrons. The van der Waals surface area contributed by atoms with Gasteiger partial charge in [0.1, 0.15) is 5.75 Å². The number of carbonyl (C=O) groups excluding carboxylic acids is 1. The Morgan fingerprint density at radius 3 is 2.33 bits per heavy atom. The third kappa shape index (κ3) is 4.33. The smallest absolute Gasteiger partial charge is 0.319 e. The molecule has 21 heavy (non-hydrogen) atoms. The van der Waals surface area contributed by atoms with Crippen molar-refractivity contribution in [2.45, 2.75) is 13.0 Å². The highest BCUT2D eigenvalue weighted by Crippen LogP contribution is 2.23. The molecule has 2 N–H and O–H groups in total. The fourth-order valence-corrected chi connectivity index (χ4v) is 2.14. The fourth-order valence-electron chi connectivity index (χ4n) is 2.14. The van der Waals surface area contributed by atoms with E-state index in [1.807, 2.05) is 42.5 Å². The summed E-state index contributed by atoms with van der Waals surface area (Å²) in [6.45, 7) is 2.29. The molecular weight excluding hydrogens is 266 g/mol. The van der Waals surface area contributed by atoms with Gasteiger partial charge in [0.25, 0.3) is 0 Å². The number of esters is 1. The van der Waals surface area contributed by atoms with E-state index in [1.165, 1.54) is 0 Å². The van der Waals surface area contributed by atoms with Crippen molar-refractivity contribution in [2.75, 3.05) is 13.2 Å². The molecule has 0 aliphatic carbocycles. The van der Waals surface area contributed by atoms with Crippen LogP contribution in [0.2, 0.25) is 0 Å². The van der Waals surface area contributed by atoms with Gasteiger partial charge in [-0.15, -0.1) is 0 Å². The number of ether oxygens (including phenoxy) is 1. The topological polar surface area (TPSA) is 58.6 Å². The van der Waals surface area contributed by atoms with Crippen LogP contribution in [0.4, 0.5) is 0 Å². The summed E-state index contributed by atoms with van der Waals surface area (Å²) >= 11 is 0. The first-order valence-corrected chi connectivity index (χ1v) is 6.93. The van der Waals surface area contributed by atoms with Crippen molar-refractivity contribution in [3.63, 3.8) is 0 Å². The summed E-state index contributed by atoms with van der Waals surface area (Å²) in [5.41, 5.74) is 2.02. The second-order valence-electron chi connectivity index (χ2n) is 4.62. The molecule has 0 spiro atoms. The van der Waals surface area contributed by atoms with Crippen LogP contribution in [0.15, 0.2) is 54.6 Å². The number of rotatable bonds is 6. The van der Waals surface area contributed by atoms with Gasteiger partial charge in [0.05, 0.1) is 19.2 Å². The molecule has 0 aliphatic rings. The normalized spacial score (nSPS) is 11.9. The van der Waals surface area contributed by atoms with E-state index in [0.717, 1.165) is 11.1 Å². The summed E-state index contributed by atoms with van der Waals surface area (Å²) in [4.78, 5) is 11.5. The van der Waals surface area contributed by atoms with Crippen LogP contribution < -0.4 is 5.32 Å². The summed E-state index contributed by atoms with van der Waals surface area (Å²) < 4.78 is 4.94. The number of nitrogens with one attached hydrogen (secondary N) is 1. The van der Waals surface area contributed by atoms with Gasteiger partial charge in [-0.25, -0.2) is 0 Å². The van der Waals surface area contributed by atoms with Crippen LogP contribution in [0.3, 0.4) is 0 Å². The molecule has 0 bridgehead atoms. The molecule has 1 unspecified atom stereocenters. The second kappa shape index (κ2) is 7.45. The van der Waals surface area contributed by atoms with E-state index < -0.39 is 0 Å². The van der Waals surface area contributed by atoms with Crippen molar-refractivity contribution in [3.05, 3.63) is 65.7 Å². The zero-order valence-electron chi connectivity index (χ0n) is 12.0. The van der Waals surface area contributed by atoms with Crippen molar-refractivity contribution in [1.29, 1.82) is 0 Å². The number of aromatic hydroxyl groups is 1. The standard InChI is InChI=1S/C17H19NO3/c1-2-21-16(20)12-18-17(13-6-4-3-5-7-13)14-8-10-15(19)11-9-14/h3-11,17-19H,2,12H2,1H3. The summed E-state index contributed by atoms with van der Waals surface area (Å²) in [5.74, 6) is -0.0619. The van der Waals surface area contributed by atoms with E-state index in [9.17, 15) is 9.90 Å². The van der Waals surface area contributed by atoms with Gasteiger partial charge in [0.2, 0.25) is 0 Å². The minimum Gasteiger partial charge on any atom is -0.508 e. The molecule has 1 atom stereocenters. The molecule has 0 saturated heterocycles. The van der Waals surface area contributed by atoms with Crippen molar-refractivity contribution < 1.29 is 14.6 Å². The van der Waals surface area contributed by atoms with Crippen LogP contribution in [-0.2, 0) is 9.53 Å². The summed E-state index contributed by atoms with van der Waals surface area (Å²) in [5, 5.41) is 12.6. The average Bonchev–Trinajstić information content (AvgIpc) is 2.50. The van der Waals surface area contributed by atoms with Crippen LogP contribution in [0.1, 0.15) is 24.1 Å². The van der Waals surface area contributed by atoms with Crippen LogP contribution in [0, 0.1) is 0 Å². The predicted octanol–water partition coefficient (Wildman–Crippen LogP) is 2.63. The molecule has 2 aromatic carbocycles. The maximum atomic E-state index is 11.5.